The third kappa shape index (κ3) is 2.29. The van der Waals surface area contributed by atoms with E-state index in [9.17, 15) is 8.78 Å². The molecule has 0 aliphatic heterocycles. The number of nitrogens with zero attached hydrogens (tertiary/aromatic N) is 2. The second kappa shape index (κ2) is 5.45. The average molecular weight is 307 g/mol. The fraction of sp³-hybridized carbons (Fsp3) is 0.188. The Bertz CT molecular complexity index is 811. The molecule has 3 aromatic rings. The van der Waals surface area contributed by atoms with E-state index in [1.54, 1.807) is 13.0 Å². The summed E-state index contributed by atoms with van der Waals surface area (Å²) in [4.78, 5) is 4.44. The predicted octanol–water partition coefficient (Wildman–Crippen LogP) is 4.39. The number of rotatable bonds is 3. The van der Waals surface area contributed by atoms with Gasteiger partial charge in [0.25, 0.3) is 0 Å². The van der Waals surface area contributed by atoms with Crippen molar-refractivity contribution in [2.24, 2.45) is 0 Å². The van der Waals surface area contributed by atoms with Gasteiger partial charge in [-0.3, -0.25) is 4.57 Å². The van der Waals surface area contributed by atoms with Crippen molar-refractivity contribution in [3.63, 3.8) is 0 Å². The molecule has 3 rings (SSSR count). The first-order valence-corrected chi connectivity index (χ1v) is 7.14. The molecule has 1 heterocycles. The van der Waals surface area contributed by atoms with Crippen LogP contribution < -0.4 is 0 Å². The molecule has 5 heteroatoms. The lowest BCUT2D eigenvalue weighted by molar-refractivity contribution is 0.562. The third-order valence-electron chi connectivity index (χ3n) is 3.43. The molecule has 2 nitrogen and oxygen atoms in total. The van der Waals surface area contributed by atoms with Gasteiger partial charge in [0.2, 0.25) is 0 Å². The maximum absolute atomic E-state index is 14.5. The summed E-state index contributed by atoms with van der Waals surface area (Å²) in [6, 6.07) is 9.96. The minimum atomic E-state index is -0.614. The van der Waals surface area contributed by atoms with Crippen molar-refractivity contribution >= 4 is 22.6 Å². The van der Waals surface area contributed by atoms with Gasteiger partial charge in [0.05, 0.1) is 11.0 Å². The number of para-hydroxylation sites is 2. The molecule has 0 atom stereocenters. The molecule has 0 bridgehead atoms. The minimum Gasteiger partial charge on any atom is -0.291 e. The highest BCUT2D eigenvalue weighted by molar-refractivity contribution is 6.17. The molecular weight excluding hydrogens is 294 g/mol. The standard InChI is InChI=1S/C16H13ClF2N2/c1-10-6-7-11(18)16(15(10)19)21-13-5-3-2-4-12(13)20-14(21)8-9-17/h2-7H,8-9H2,1H3. The summed E-state index contributed by atoms with van der Waals surface area (Å²) < 4.78 is 30.2. The number of hydrogen-bond donors (Lipinski definition) is 0. The van der Waals surface area contributed by atoms with Crippen LogP contribution >= 0.6 is 11.6 Å². The summed E-state index contributed by atoms with van der Waals surface area (Å²) in [6.07, 6.45) is 0.434. The van der Waals surface area contributed by atoms with Gasteiger partial charge in [-0.15, -0.1) is 11.6 Å². The van der Waals surface area contributed by atoms with Crippen LogP contribution in [0.15, 0.2) is 36.4 Å². The van der Waals surface area contributed by atoms with E-state index >= 15 is 0 Å². The molecule has 0 aliphatic rings. The van der Waals surface area contributed by atoms with Crippen molar-refractivity contribution in [3.8, 4) is 5.69 Å². The van der Waals surface area contributed by atoms with E-state index in [1.807, 2.05) is 18.2 Å². The first-order valence-electron chi connectivity index (χ1n) is 6.60. The zero-order valence-electron chi connectivity index (χ0n) is 11.4. The molecule has 21 heavy (non-hydrogen) atoms. The van der Waals surface area contributed by atoms with Crippen LogP contribution in [0.3, 0.4) is 0 Å². The number of hydrogen-bond acceptors (Lipinski definition) is 1. The van der Waals surface area contributed by atoms with Gasteiger partial charge in [0, 0.05) is 12.3 Å². The van der Waals surface area contributed by atoms with Crippen LogP contribution in [0.25, 0.3) is 16.7 Å². The summed E-state index contributed by atoms with van der Waals surface area (Å²) in [7, 11) is 0. The second-order valence-corrected chi connectivity index (χ2v) is 5.20. The quantitative estimate of drug-likeness (QED) is 0.656. The lowest BCUT2D eigenvalue weighted by atomic mass is 10.2. The lowest BCUT2D eigenvalue weighted by Gasteiger charge is -2.12. The van der Waals surface area contributed by atoms with E-state index in [-0.39, 0.29) is 5.69 Å². The number of halogens is 3. The van der Waals surface area contributed by atoms with E-state index in [0.29, 0.717) is 34.7 Å². The van der Waals surface area contributed by atoms with Crippen LogP contribution in [-0.2, 0) is 6.42 Å². The number of aromatic nitrogens is 2. The first kappa shape index (κ1) is 14.0. The fourth-order valence-electron chi connectivity index (χ4n) is 2.42. The summed E-state index contributed by atoms with van der Waals surface area (Å²) in [6.45, 7) is 1.61. The molecule has 0 saturated carbocycles. The molecule has 0 N–H and O–H groups in total. The Morgan fingerprint density at radius 2 is 1.90 bits per heavy atom. The molecule has 0 unspecified atom stereocenters. The Labute approximate surface area is 126 Å². The van der Waals surface area contributed by atoms with E-state index < -0.39 is 11.6 Å². The van der Waals surface area contributed by atoms with E-state index in [2.05, 4.69) is 4.98 Å². The smallest absolute Gasteiger partial charge is 0.153 e. The highest BCUT2D eigenvalue weighted by Gasteiger charge is 2.19. The topological polar surface area (TPSA) is 17.8 Å². The first-order chi connectivity index (χ1) is 10.1. The van der Waals surface area contributed by atoms with Crippen molar-refractivity contribution in [1.82, 2.24) is 9.55 Å². The van der Waals surface area contributed by atoms with E-state index in [0.717, 1.165) is 0 Å². The van der Waals surface area contributed by atoms with Crippen LogP contribution in [-0.4, -0.2) is 15.4 Å². The number of benzene rings is 2. The van der Waals surface area contributed by atoms with Gasteiger partial charge >= 0.3 is 0 Å². The van der Waals surface area contributed by atoms with Gasteiger partial charge < -0.3 is 0 Å². The average Bonchev–Trinajstić information content (AvgIpc) is 2.83. The Morgan fingerprint density at radius 1 is 1.14 bits per heavy atom. The monoisotopic (exact) mass is 306 g/mol. The molecule has 0 spiro atoms. The molecular formula is C16H13ClF2N2. The number of imidazole rings is 1. The molecule has 1 aromatic heterocycles. The SMILES string of the molecule is Cc1ccc(F)c(-n2c(CCCl)nc3ccccc32)c1F. The van der Waals surface area contributed by atoms with Crippen LogP contribution in [0.5, 0.6) is 0 Å². The number of aryl methyl sites for hydroxylation is 2. The highest BCUT2D eigenvalue weighted by atomic mass is 35.5. The fourth-order valence-corrected chi connectivity index (χ4v) is 2.59. The van der Waals surface area contributed by atoms with E-state index in [1.165, 1.54) is 16.7 Å². The summed E-state index contributed by atoms with van der Waals surface area (Å²) >= 11 is 5.79. The number of alkyl halides is 1. The van der Waals surface area contributed by atoms with Gasteiger partial charge in [-0.25, -0.2) is 13.8 Å². The molecule has 0 aliphatic carbocycles. The van der Waals surface area contributed by atoms with Gasteiger partial charge in [-0.05, 0) is 30.7 Å². The predicted molar refractivity (Wildman–Crippen MR) is 80.1 cm³/mol. The minimum absolute atomic E-state index is 0.0937. The van der Waals surface area contributed by atoms with Crippen molar-refractivity contribution < 1.29 is 8.78 Å². The normalized spacial score (nSPS) is 11.2. The maximum atomic E-state index is 14.5. The van der Waals surface area contributed by atoms with Gasteiger partial charge in [-0.1, -0.05) is 18.2 Å². The highest BCUT2D eigenvalue weighted by Crippen LogP contribution is 2.27. The van der Waals surface area contributed by atoms with Gasteiger partial charge in [0.15, 0.2) is 5.82 Å². The lowest BCUT2D eigenvalue weighted by Crippen LogP contribution is -2.08. The van der Waals surface area contributed by atoms with Crippen molar-refractivity contribution in [1.29, 1.82) is 0 Å². The number of fused-ring (bicyclic) bond motifs is 1. The van der Waals surface area contributed by atoms with Crippen molar-refractivity contribution in [2.75, 3.05) is 5.88 Å². The summed E-state index contributed by atoms with van der Waals surface area (Å²) in [5.41, 5.74) is 1.66. The van der Waals surface area contributed by atoms with Gasteiger partial charge in [-0.2, -0.15) is 0 Å². The molecule has 108 valence electrons. The van der Waals surface area contributed by atoms with E-state index in [4.69, 9.17) is 11.6 Å². The second-order valence-electron chi connectivity index (χ2n) is 4.82. The molecule has 0 radical (unpaired) electrons. The summed E-state index contributed by atoms with van der Waals surface area (Å²) in [5.74, 6) is -0.307. The Morgan fingerprint density at radius 3 is 2.67 bits per heavy atom. The van der Waals surface area contributed by atoms with Crippen molar-refractivity contribution in [2.45, 2.75) is 13.3 Å². The maximum Gasteiger partial charge on any atom is 0.153 e. The van der Waals surface area contributed by atoms with Crippen LogP contribution in [0.1, 0.15) is 11.4 Å². The molecule has 2 aromatic carbocycles. The zero-order chi connectivity index (χ0) is 15.0. The Kier molecular flexibility index (Phi) is 3.64. The largest absolute Gasteiger partial charge is 0.291 e. The zero-order valence-corrected chi connectivity index (χ0v) is 12.2. The Balaban J connectivity index is 2.38. The third-order valence-corrected chi connectivity index (χ3v) is 3.62. The molecule has 0 fully saturated rings. The van der Waals surface area contributed by atoms with Gasteiger partial charge in [0.1, 0.15) is 17.3 Å². The van der Waals surface area contributed by atoms with Crippen LogP contribution in [0, 0.1) is 18.6 Å². The summed E-state index contributed by atoms with van der Waals surface area (Å²) in [5, 5.41) is 0. The van der Waals surface area contributed by atoms with Crippen molar-refractivity contribution in [3.05, 3.63) is 59.4 Å². The Hall–Kier alpha value is -1.94. The van der Waals surface area contributed by atoms with Crippen LogP contribution in [0.2, 0.25) is 0 Å². The van der Waals surface area contributed by atoms with Crippen LogP contribution in [0.4, 0.5) is 8.78 Å². The molecule has 0 amide bonds. The molecule has 0 saturated heterocycles.